The Bertz CT molecular complexity index is 479. The Morgan fingerprint density at radius 3 is 2.73 bits per heavy atom. The van der Waals surface area contributed by atoms with Gasteiger partial charge in [0, 0.05) is 10.9 Å². The normalized spacial score (nSPS) is 10.3. The Labute approximate surface area is 92.2 Å². The van der Waals surface area contributed by atoms with Crippen molar-refractivity contribution in [3.8, 4) is 16.3 Å². The van der Waals surface area contributed by atoms with E-state index in [1.165, 1.54) is 11.1 Å². The number of aromatic nitrogens is 1. The summed E-state index contributed by atoms with van der Waals surface area (Å²) in [5.41, 5.74) is 0.632. The van der Waals surface area contributed by atoms with Crippen molar-refractivity contribution in [2.45, 2.75) is 6.92 Å². The Morgan fingerprint density at radius 2 is 2.13 bits per heavy atom. The molecule has 2 heterocycles. The molecule has 4 heteroatoms. The van der Waals surface area contributed by atoms with E-state index in [0.29, 0.717) is 11.4 Å². The number of methoxy groups -OCH3 is 1. The highest BCUT2D eigenvalue weighted by atomic mass is 32.1. The van der Waals surface area contributed by atoms with Crippen LogP contribution in [0.3, 0.4) is 0 Å². The molecule has 0 aliphatic heterocycles. The molecule has 0 N–H and O–H groups in total. The summed E-state index contributed by atoms with van der Waals surface area (Å²) in [5, 5.41) is 11.6. The monoisotopic (exact) mass is 221 g/mol. The van der Waals surface area contributed by atoms with Gasteiger partial charge in [0.05, 0.1) is 13.2 Å². The molecule has 3 nitrogen and oxygen atoms in total. The van der Waals surface area contributed by atoms with E-state index in [1.807, 2.05) is 19.1 Å². The van der Waals surface area contributed by atoms with Crippen LogP contribution in [0, 0.1) is 12.1 Å². The maximum Gasteiger partial charge on any atom is 0.237 e. The lowest BCUT2D eigenvalue weighted by Gasteiger charge is -2.04. The van der Waals surface area contributed by atoms with E-state index in [9.17, 15) is 5.21 Å². The van der Waals surface area contributed by atoms with E-state index in [2.05, 4.69) is 0 Å². The number of nitrogens with zero attached hydrogens (tertiary/aromatic N) is 1. The molecule has 0 aliphatic rings. The van der Waals surface area contributed by atoms with Crippen LogP contribution in [0.15, 0.2) is 30.5 Å². The minimum Gasteiger partial charge on any atom is -0.618 e. The third-order valence-electron chi connectivity index (χ3n) is 2.12. The fourth-order valence-corrected chi connectivity index (χ4v) is 2.22. The standard InChI is InChI=1S/C11H11NO2S/c1-8-3-4-11(15-8)10-7-9(14-2)5-6-12(10)13/h3-7H,1-2H3. The predicted molar refractivity (Wildman–Crippen MR) is 60.0 cm³/mol. The molecular weight excluding hydrogens is 210 g/mol. The summed E-state index contributed by atoms with van der Waals surface area (Å²) >= 11 is 1.60. The van der Waals surface area contributed by atoms with Crippen LogP contribution in [0.25, 0.3) is 10.6 Å². The van der Waals surface area contributed by atoms with Crippen LogP contribution < -0.4 is 9.47 Å². The molecule has 0 unspecified atom stereocenters. The van der Waals surface area contributed by atoms with E-state index >= 15 is 0 Å². The van der Waals surface area contributed by atoms with Gasteiger partial charge in [0.25, 0.3) is 0 Å². The summed E-state index contributed by atoms with van der Waals surface area (Å²) in [4.78, 5) is 2.15. The van der Waals surface area contributed by atoms with Gasteiger partial charge in [-0.15, -0.1) is 11.3 Å². The van der Waals surface area contributed by atoms with E-state index in [1.54, 1.807) is 30.6 Å². The average Bonchev–Trinajstić information content (AvgIpc) is 2.65. The number of hydrogen-bond donors (Lipinski definition) is 0. The first-order chi connectivity index (χ1) is 7.20. The first-order valence-electron chi connectivity index (χ1n) is 4.55. The van der Waals surface area contributed by atoms with Gasteiger partial charge in [-0.25, -0.2) is 0 Å². The van der Waals surface area contributed by atoms with Gasteiger partial charge in [-0.05, 0) is 19.1 Å². The van der Waals surface area contributed by atoms with Crippen molar-refractivity contribution >= 4 is 11.3 Å². The largest absolute Gasteiger partial charge is 0.618 e. The second-order valence-electron chi connectivity index (χ2n) is 3.19. The zero-order valence-corrected chi connectivity index (χ0v) is 9.38. The Balaban J connectivity index is 2.51. The zero-order chi connectivity index (χ0) is 10.8. The molecule has 15 heavy (non-hydrogen) atoms. The highest BCUT2D eigenvalue weighted by molar-refractivity contribution is 7.15. The van der Waals surface area contributed by atoms with Crippen LogP contribution in [0.1, 0.15) is 4.88 Å². The van der Waals surface area contributed by atoms with Gasteiger partial charge in [-0.2, -0.15) is 4.73 Å². The van der Waals surface area contributed by atoms with E-state index in [4.69, 9.17) is 4.74 Å². The second-order valence-corrected chi connectivity index (χ2v) is 4.48. The highest BCUT2D eigenvalue weighted by Crippen LogP contribution is 2.26. The maximum atomic E-state index is 11.6. The summed E-state index contributed by atoms with van der Waals surface area (Å²) < 4.78 is 5.95. The highest BCUT2D eigenvalue weighted by Gasteiger charge is 2.11. The second kappa shape index (κ2) is 3.90. The molecule has 2 aromatic heterocycles. The number of hydrogen-bond acceptors (Lipinski definition) is 3. The molecule has 0 radical (unpaired) electrons. The molecule has 0 atom stereocenters. The Morgan fingerprint density at radius 1 is 1.33 bits per heavy atom. The van der Waals surface area contributed by atoms with Gasteiger partial charge >= 0.3 is 0 Å². The number of ether oxygens (including phenoxy) is 1. The molecule has 0 fully saturated rings. The summed E-state index contributed by atoms with van der Waals surface area (Å²) in [5.74, 6) is 0.697. The van der Waals surface area contributed by atoms with Crippen LogP contribution in [-0.4, -0.2) is 7.11 Å². The van der Waals surface area contributed by atoms with Crippen LogP contribution in [0.2, 0.25) is 0 Å². The fraction of sp³-hybridized carbons (Fsp3) is 0.182. The maximum absolute atomic E-state index is 11.6. The quantitative estimate of drug-likeness (QED) is 0.576. The van der Waals surface area contributed by atoms with Crippen molar-refractivity contribution in [3.05, 3.63) is 40.5 Å². The third kappa shape index (κ3) is 1.94. The molecule has 0 aliphatic carbocycles. The smallest absolute Gasteiger partial charge is 0.237 e. The van der Waals surface area contributed by atoms with Crippen LogP contribution in [0.5, 0.6) is 5.75 Å². The third-order valence-corrected chi connectivity index (χ3v) is 3.14. The van der Waals surface area contributed by atoms with Gasteiger partial charge in [0.1, 0.15) is 10.6 Å². The topological polar surface area (TPSA) is 36.2 Å². The van der Waals surface area contributed by atoms with Crippen molar-refractivity contribution in [1.82, 2.24) is 0 Å². The number of aryl methyl sites for hydroxylation is 1. The molecule has 0 saturated carbocycles. The Kier molecular flexibility index (Phi) is 2.60. The molecule has 0 saturated heterocycles. The summed E-state index contributed by atoms with van der Waals surface area (Å²) in [6.45, 7) is 2.02. The van der Waals surface area contributed by atoms with Crippen LogP contribution in [0.4, 0.5) is 0 Å². The van der Waals surface area contributed by atoms with E-state index in [-0.39, 0.29) is 0 Å². The van der Waals surface area contributed by atoms with E-state index in [0.717, 1.165) is 9.61 Å². The summed E-state index contributed by atoms with van der Waals surface area (Å²) in [6.07, 6.45) is 1.46. The molecule has 2 aromatic rings. The summed E-state index contributed by atoms with van der Waals surface area (Å²) in [7, 11) is 1.59. The molecule has 78 valence electrons. The van der Waals surface area contributed by atoms with Gasteiger partial charge < -0.3 is 9.94 Å². The molecule has 0 amide bonds. The van der Waals surface area contributed by atoms with Gasteiger partial charge in [0.2, 0.25) is 5.69 Å². The van der Waals surface area contributed by atoms with Crippen molar-refractivity contribution in [2.24, 2.45) is 0 Å². The molecule has 0 bridgehead atoms. The van der Waals surface area contributed by atoms with Crippen molar-refractivity contribution in [1.29, 1.82) is 0 Å². The zero-order valence-electron chi connectivity index (χ0n) is 8.56. The van der Waals surface area contributed by atoms with Gasteiger partial charge in [0.15, 0.2) is 6.20 Å². The molecule has 0 spiro atoms. The van der Waals surface area contributed by atoms with Crippen LogP contribution in [-0.2, 0) is 0 Å². The minimum absolute atomic E-state index is 0.632. The minimum atomic E-state index is 0.632. The predicted octanol–water partition coefficient (Wildman–Crippen LogP) is 2.37. The van der Waals surface area contributed by atoms with Crippen molar-refractivity contribution < 1.29 is 9.47 Å². The SMILES string of the molecule is COc1cc[n+]([O-])c(-c2ccc(C)s2)c1. The van der Waals surface area contributed by atoms with Crippen molar-refractivity contribution in [3.63, 3.8) is 0 Å². The number of thiophene rings is 1. The van der Waals surface area contributed by atoms with E-state index < -0.39 is 0 Å². The number of rotatable bonds is 2. The van der Waals surface area contributed by atoms with Crippen molar-refractivity contribution in [2.75, 3.05) is 7.11 Å². The lowest BCUT2D eigenvalue weighted by Crippen LogP contribution is -2.27. The van der Waals surface area contributed by atoms with Crippen LogP contribution >= 0.6 is 11.3 Å². The Hall–Kier alpha value is -1.55. The molecular formula is C11H11NO2S. The summed E-state index contributed by atoms with van der Waals surface area (Å²) in [6, 6.07) is 7.35. The number of pyridine rings is 1. The lowest BCUT2D eigenvalue weighted by molar-refractivity contribution is -0.593. The fourth-order valence-electron chi connectivity index (χ4n) is 1.35. The van der Waals surface area contributed by atoms with Gasteiger partial charge in [-0.1, -0.05) is 0 Å². The average molecular weight is 221 g/mol. The lowest BCUT2D eigenvalue weighted by atomic mass is 10.3. The molecule has 0 aromatic carbocycles. The van der Waals surface area contributed by atoms with Gasteiger partial charge in [-0.3, -0.25) is 0 Å². The first-order valence-corrected chi connectivity index (χ1v) is 5.36. The molecule has 2 rings (SSSR count). The first kappa shape index (κ1) is 9.98.